The van der Waals surface area contributed by atoms with Gasteiger partial charge in [-0.25, -0.2) is 0 Å². The molecule has 180 valence electrons. The molecule has 0 aliphatic heterocycles. The maximum absolute atomic E-state index is 12.8. The Morgan fingerprint density at radius 1 is 0.943 bits per heavy atom. The number of anilines is 1. The van der Waals surface area contributed by atoms with Crippen molar-refractivity contribution in [3.8, 4) is 23.0 Å². The van der Waals surface area contributed by atoms with Gasteiger partial charge in [-0.15, -0.1) is 0 Å². The highest BCUT2D eigenvalue weighted by Gasteiger charge is 2.18. The first-order valence-electron chi connectivity index (χ1n) is 11.3. The predicted molar refractivity (Wildman–Crippen MR) is 137 cm³/mol. The van der Waals surface area contributed by atoms with Crippen LogP contribution in [0.15, 0.2) is 79.0 Å². The number of carbonyl (C=O) groups excluding carboxylic acids is 1. The van der Waals surface area contributed by atoms with Gasteiger partial charge in [-0.1, -0.05) is 30.3 Å². The van der Waals surface area contributed by atoms with Crippen LogP contribution in [0.25, 0.3) is 10.9 Å². The first-order chi connectivity index (χ1) is 17.0. The van der Waals surface area contributed by atoms with Crippen molar-refractivity contribution < 1.29 is 19.0 Å². The van der Waals surface area contributed by atoms with Crippen LogP contribution in [0.3, 0.4) is 0 Å². The molecule has 0 bridgehead atoms. The molecule has 0 aliphatic carbocycles. The number of methoxy groups -OCH3 is 2. The highest BCUT2D eigenvalue weighted by Crippen LogP contribution is 2.37. The van der Waals surface area contributed by atoms with E-state index in [9.17, 15) is 4.79 Å². The molecule has 4 aromatic rings. The topological polar surface area (TPSA) is 72.9 Å². The number of hydrogen-bond donors (Lipinski definition) is 1. The van der Waals surface area contributed by atoms with Gasteiger partial charge in [0.25, 0.3) is 0 Å². The molecule has 1 N–H and O–H groups in total. The van der Waals surface area contributed by atoms with E-state index in [0.29, 0.717) is 35.2 Å². The fourth-order valence-electron chi connectivity index (χ4n) is 3.72. The number of fused-ring (bicyclic) bond motifs is 1. The minimum Gasteiger partial charge on any atom is -0.493 e. The molecule has 0 radical (unpaired) electrons. The predicted octanol–water partition coefficient (Wildman–Crippen LogP) is 5.50. The Hall–Kier alpha value is -4.10. The molecule has 1 amide bonds. The Balaban J connectivity index is 1.43. The van der Waals surface area contributed by atoms with Crippen LogP contribution < -0.4 is 19.5 Å². The zero-order chi connectivity index (χ0) is 24.8. The van der Waals surface area contributed by atoms with E-state index in [2.05, 4.69) is 22.4 Å². The Morgan fingerprint density at radius 3 is 2.31 bits per heavy atom. The number of nitrogens with one attached hydrogen (secondary N) is 1. The van der Waals surface area contributed by atoms with Crippen LogP contribution in [-0.2, 0) is 11.3 Å². The maximum atomic E-state index is 12.8. The van der Waals surface area contributed by atoms with Gasteiger partial charge in [0.2, 0.25) is 5.91 Å². The van der Waals surface area contributed by atoms with Gasteiger partial charge in [0, 0.05) is 29.9 Å². The van der Waals surface area contributed by atoms with Crippen LogP contribution in [0.2, 0.25) is 0 Å². The lowest BCUT2D eigenvalue weighted by Crippen LogP contribution is -2.39. The van der Waals surface area contributed by atoms with Gasteiger partial charge < -0.3 is 19.5 Å². The van der Waals surface area contributed by atoms with Crippen molar-refractivity contribution in [3.63, 3.8) is 0 Å². The van der Waals surface area contributed by atoms with E-state index in [0.717, 1.165) is 16.5 Å². The maximum Gasteiger partial charge on any atom is 0.241 e. The molecule has 1 unspecified atom stereocenters. The van der Waals surface area contributed by atoms with Gasteiger partial charge in [-0.3, -0.25) is 14.7 Å². The molecule has 1 aromatic heterocycles. The van der Waals surface area contributed by atoms with Crippen molar-refractivity contribution in [1.82, 2.24) is 9.88 Å². The SMILES string of the molecule is COc1cc2nccc(Oc3ccc(NC(=O)C(C)N(C)Cc4ccccc4)cc3)c2cc1OC. The van der Waals surface area contributed by atoms with E-state index < -0.39 is 0 Å². The molecule has 0 saturated carbocycles. The van der Waals surface area contributed by atoms with Gasteiger partial charge in [-0.05, 0) is 55.9 Å². The lowest BCUT2D eigenvalue weighted by Gasteiger charge is -2.24. The van der Waals surface area contributed by atoms with Crippen molar-refractivity contribution in [2.75, 3.05) is 26.6 Å². The monoisotopic (exact) mass is 471 g/mol. The lowest BCUT2D eigenvalue weighted by molar-refractivity contribution is -0.120. The molecule has 7 nitrogen and oxygen atoms in total. The van der Waals surface area contributed by atoms with Crippen molar-refractivity contribution in [2.45, 2.75) is 19.5 Å². The van der Waals surface area contributed by atoms with Crippen molar-refractivity contribution in [1.29, 1.82) is 0 Å². The number of rotatable bonds is 9. The van der Waals surface area contributed by atoms with E-state index in [-0.39, 0.29) is 11.9 Å². The second-order valence-corrected chi connectivity index (χ2v) is 8.23. The minimum atomic E-state index is -0.290. The van der Waals surface area contributed by atoms with Gasteiger partial charge in [0.1, 0.15) is 11.5 Å². The summed E-state index contributed by atoms with van der Waals surface area (Å²) in [6.45, 7) is 2.59. The molecule has 7 heteroatoms. The summed E-state index contributed by atoms with van der Waals surface area (Å²) < 4.78 is 16.9. The summed E-state index contributed by atoms with van der Waals surface area (Å²) in [5, 5.41) is 3.78. The van der Waals surface area contributed by atoms with Crippen molar-refractivity contribution in [2.24, 2.45) is 0 Å². The first kappa shape index (κ1) is 24.0. The Labute approximate surface area is 205 Å². The van der Waals surface area contributed by atoms with E-state index >= 15 is 0 Å². The largest absolute Gasteiger partial charge is 0.493 e. The molecule has 3 aromatic carbocycles. The molecule has 0 fully saturated rings. The van der Waals surface area contributed by atoms with Crippen LogP contribution in [0.4, 0.5) is 5.69 Å². The fourth-order valence-corrected chi connectivity index (χ4v) is 3.72. The third-order valence-corrected chi connectivity index (χ3v) is 5.87. The van der Waals surface area contributed by atoms with Crippen molar-refractivity contribution in [3.05, 3.63) is 84.6 Å². The third kappa shape index (κ3) is 5.70. The first-order valence-corrected chi connectivity index (χ1v) is 11.3. The highest BCUT2D eigenvalue weighted by atomic mass is 16.5. The quantitative estimate of drug-likeness (QED) is 0.347. The summed E-state index contributed by atoms with van der Waals surface area (Å²) in [7, 11) is 5.12. The number of amides is 1. The average molecular weight is 472 g/mol. The lowest BCUT2D eigenvalue weighted by atomic mass is 10.1. The molecule has 0 saturated heterocycles. The molecule has 35 heavy (non-hydrogen) atoms. The Kier molecular flexibility index (Phi) is 7.48. The number of carbonyl (C=O) groups is 1. The van der Waals surface area contributed by atoms with Gasteiger partial charge in [0.15, 0.2) is 11.5 Å². The minimum absolute atomic E-state index is 0.0710. The summed E-state index contributed by atoms with van der Waals surface area (Å²) in [5.74, 6) is 2.41. The molecule has 1 atom stereocenters. The second kappa shape index (κ2) is 10.9. The average Bonchev–Trinajstić information content (AvgIpc) is 2.89. The Bertz CT molecular complexity index is 1290. The number of pyridine rings is 1. The summed E-state index contributed by atoms with van der Waals surface area (Å²) >= 11 is 0. The number of benzene rings is 3. The number of likely N-dealkylation sites (N-methyl/N-ethyl adjacent to an activating group) is 1. The number of hydrogen-bond acceptors (Lipinski definition) is 6. The van der Waals surface area contributed by atoms with E-state index in [1.165, 1.54) is 0 Å². The van der Waals surface area contributed by atoms with Gasteiger partial charge >= 0.3 is 0 Å². The normalized spacial score (nSPS) is 11.8. The zero-order valence-electron chi connectivity index (χ0n) is 20.3. The van der Waals surface area contributed by atoms with Crippen LogP contribution in [0, 0.1) is 0 Å². The molecule has 1 heterocycles. The van der Waals surface area contributed by atoms with E-state index in [1.807, 2.05) is 73.5 Å². The number of aromatic nitrogens is 1. The third-order valence-electron chi connectivity index (χ3n) is 5.87. The van der Waals surface area contributed by atoms with Crippen LogP contribution in [-0.4, -0.2) is 43.1 Å². The fraction of sp³-hybridized carbons (Fsp3) is 0.214. The van der Waals surface area contributed by atoms with Crippen molar-refractivity contribution >= 4 is 22.5 Å². The van der Waals surface area contributed by atoms with Crippen LogP contribution >= 0.6 is 0 Å². The molecule has 0 spiro atoms. The van der Waals surface area contributed by atoms with Gasteiger partial charge in [-0.2, -0.15) is 0 Å². The molecular formula is C28H29N3O4. The van der Waals surface area contributed by atoms with Gasteiger partial charge in [0.05, 0.1) is 25.8 Å². The number of nitrogens with zero attached hydrogens (tertiary/aromatic N) is 2. The molecular weight excluding hydrogens is 442 g/mol. The highest BCUT2D eigenvalue weighted by molar-refractivity contribution is 5.94. The number of ether oxygens (including phenoxy) is 3. The summed E-state index contributed by atoms with van der Waals surface area (Å²) in [4.78, 5) is 19.2. The standard InChI is InChI=1S/C28H29N3O4/c1-19(31(2)18-20-8-6-5-7-9-20)28(32)30-21-10-12-22(13-11-21)35-25-14-15-29-24-17-27(34-4)26(33-3)16-23(24)25/h5-17,19H,18H2,1-4H3,(H,30,32). The summed E-state index contributed by atoms with van der Waals surface area (Å²) in [6, 6.07) is 22.5. The summed E-state index contributed by atoms with van der Waals surface area (Å²) in [5.41, 5.74) is 2.60. The molecule has 4 rings (SSSR count). The zero-order valence-corrected chi connectivity index (χ0v) is 20.3. The van der Waals surface area contributed by atoms with Crippen LogP contribution in [0.1, 0.15) is 12.5 Å². The Morgan fingerprint density at radius 2 is 1.63 bits per heavy atom. The summed E-state index contributed by atoms with van der Waals surface area (Å²) in [6.07, 6.45) is 1.69. The van der Waals surface area contributed by atoms with Crippen LogP contribution in [0.5, 0.6) is 23.0 Å². The van der Waals surface area contributed by atoms with E-state index in [1.54, 1.807) is 26.5 Å². The molecule has 0 aliphatic rings. The second-order valence-electron chi connectivity index (χ2n) is 8.23. The smallest absolute Gasteiger partial charge is 0.241 e. The van der Waals surface area contributed by atoms with E-state index in [4.69, 9.17) is 14.2 Å².